The van der Waals surface area contributed by atoms with Gasteiger partial charge in [0.1, 0.15) is 5.71 Å². The third-order valence-corrected chi connectivity index (χ3v) is 4.64. The third kappa shape index (κ3) is 2.02. The topological polar surface area (TPSA) is 70.0 Å². The van der Waals surface area contributed by atoms with Gasteiger partial charge < -0.3 is 5.11 Å². The number of carboxylic acid groups (broad SMARTS) is 1. The van der Waals surface area contributed by atoms with Crippen molar-refractivity contribution in [1.82, 2.24) is 5.01 Å². The van der Waals surface area contributed by atoms with E-state index in [1.165, 1.54) is 30.7 Å². The summed E-state index contributed by atoms with van der Waals surface area (Å²) in [7, 11) is 0. The number of hydrogen-bond donors (Lipinski definition) is 1. The summed E-state index contributed by atoms with van der Waals surface area (Å²) >= 11 is 0. The number of amides is 1. The van der Waals surface area contributed by atoms with E-state index in [4.69, 9.17) is 5.11 Å². The molecule has 3 atom stereocenters. The predicted molar refractivity (Wildman–Crippen MR) is 65.0 cm³/mol. The maximum Gasteiger partial charge on any atom is 0.352 e. The molecule has 1 N–H and O–H groups in total. The third-order valence-electron chi connectivity index (χ3n) is 4.64. The fourth-order valence-electron chi connectivity index (χ4n) is 3.72. The van der Waals surface area contributed by atoms with Gasteiger partial charge in [0.2, 0.25) is 5.91 Å². The molecule has 5 heteroatoms. The summed E-state index contributed by atoms with van der Waals surface area (Å²) in [5.74, 6) is 1.07. The highest BCUT2D eigenvalue weighted by atomic mass is 16.4. The van der Waals surface area contributed by atoms with Crippen molar-refractivity contribution < 1.29 is 14.7 Å². The molecule has 1 aliphatic heterocycles. The molecule has 0 aromatic heterocycles. The van der Waals surface area contributed by atoms with E-state index in [-0.39, 0.29) is 24.5 Å². The Kier molecular flexibility index (Phi) is 2.84. The average molecular weight is 250 g/mol. The number of nitrogens with zero attached hydrogens (tertiary/aromatic N) is 2. The molecule has 0 saturated heterocycles. The van der Waals surface area contributed by atoms with Crippen molar-refractivity contribution in [2.24, 2.45) is 22.9 Å². The van der Waals surface area contributed by atoms with E-state index in [1.807, 2.05) is 0 Å². The largest absolute Gasteiger partial charge is 0.477 e. The summed E-state index contributed by atoms with van der Waals surface area (Å²) in [5.41, 5.74) is 0.123. The number of carbonyl (C=O) groups excluding carboxylic acids is 1. The van der Waals surface area contributed by atoms with Crippen LogP contribution in [0.1, 0.15) is 38.5 Å². The lowest BCUT2D eigenvalue weighted by atomic mass is 9.88. The van der Waals surface area contributed by atoms with Gasteiger partial charge in [0.05, 0.1) is 0 Å². The van der Waals surface area contributed by atoms with Crippen LogP contribution in [0, 0.1) is 17.8 Å². The Bertz CT molecular complexity index is 418. The smallest absolute Gasteiger partial charge is 0.352 e. The number of hydrazone groups is 1. The number of carbonyl (C=O) groups is 2. The lowest BCUT2D eigenvalue weighted by Gasteiger charge is -2.29. The maximum absolute atomic E-state index is 11.8. The molecule has 98 valence electrons. The molecule has 0 spiro atoms. The van der Waals surface area contributed by atoms with Crippen molar-refractivity contribution >= 4 is 17.6 Å². The Morgan fingerprint density at radius 3 is 2.78 bits per heavy atom. The summed E-state index contributed by atoms with van der Waals surface area (Å²) in [5, 5.41) is 14.4. The highest BCUT2D eigenvalue weighted by molar-refractivity contribution is 6.36. The summed E-state index contributed by atoms with van der Waals surface area (Å²) in [6.07, 6.45) is 5.63. The second-order valence-corrected chi connectivity index (χ2v) is 5.76. The first-order valence-electron chi connectivity index (χ1n) is 6.74. The van der Waals surface area contributed by atoms with Gasteiger partial charge in [-0.25, -0.2) is 9.80 Å². The van der Waals surface area contributed by atoms with Gasteiger partial charge in [-0.05, 0) is 37.0 Å². The summed E-state index contributed by atoms with van der Waals surface area (Å²) in [6, 6.07) is 0. The van der Waals surface area contributed by atoms with E-state index in [1.54, 1.807) is 0 Å². The average Bonchev–Trinajstić information content (AvgIpc) is 2.93. The van der Waals surface area contributed by atoms with Crippen LogP contribution < -0.4 is 0 Å². The highest BCUT2D eigenvalue weighted by Gasteiger charge is 2.41. The number of hydrogen-bond acceptors (Lipinski definition) is 3. The molecule has 5 nitrogen and oxygen atoms in total. The normalized spacial score (nSPS) is 34.9. The van der Waals surface area contributed by atoms with Gasteiger partial charge in [-0.3, -0.25) is 4.79 Å². The van der Waals surface area contributed by atoms with Gasteiger partial charge in [0, 0.05) is 19.4 Å². The zero-order chi connectivity index (χ0) is 12.7. The van der Waals surface area contributed by atoms with Crippen LogP contribution in [0.5, 0.6) is 0 Å². The van der Waals surface area contributed by atoms with Gasteiger partial charge in [-0.15, -0.1) is 0 Å². The number of fused-ring (bicyclic) bond motifs is 2. The van der Waals surface area contributed by atoms with E-state index >= 15 is 0 Å². The molecular weight excluding hydrogens is 232 g/mol. The van der Waals surface area contributed by atoms with Crippen LogP contribution in [0.4, 0.5) is 0 Å². The van der Waals surface area contributed by atoms with E-state index in [9.17, 15) is 9.59 Å². The van der Waals surface area contributed by atoms with Crippen LogP contribution in [0.15, 0.2) is 5.10 Å². The highest BCUT2D eigenvalue weighted by Crippen LogP contribution is 2.48. The minimum absolute atomic E-state index is 0.0252. The standard InChI is InChI=1S/C13H18N2O3/c16-12-4-3-11(13(17)18)14-15(12)7-10-6-8-1-2-9(10)5-8/h8-10H,1-7H2,(H,17,18). The van der Waals surface area contributed by atoms with Gasteiger partial charge in [0.25, 0.3) is 0 Å². The fourth-order valence-corrected chi connectivity index (χ4v) is 3.72. The molecule has 3 unspecified atom stereocenters. The van der Waals surface area contributed by atoms with E-state index in [2.05, 4.69) is 5.10 Å². The van der Waals surface area contributed by atoms with Crippen molar-refractivity contribution in [3.8, 4) is 0 Å². The molecule has 2 aliphatic carbocycles. The van der Waals surface area contributed by atoms with Crippen molar-refractivity contribution in [3.05, 3.63) is 0 Å². The quantitative estimate of drug-likeness (QED) is 0.824. The molecule has 2 fully saturated rings. The van der Waals surface area contributed by atoms with E-state index in [0.717, 1.165) is 11.8 Å². The Labute approximate surface area is 106 Å². The van der Waals surface area contributed by atoms with Gasteiger partial charge >= 0.3 is 5.97 Å². The molecule has 3 aliphatic rings. The number of aliphatic carboxylic acids is 1. The van der Waals surface area contributed by atoms with Gasteiger partial charge in [0.15, 0.2) is 0 Å². The molecule has 1 amide bonds. The molecule has 2 saturated carbocycles. The Morgan fingerprint density at radius 1 is 1.33 bits per heavy atom. The predicted octanol–water partition coefficient (Wildman–Crippen LogP) is 1.49. The van der Waals surface area contributed by atoms with Crippen LogP contribution in [-0.4, -0.2) is 34.2 Å². The van der Waals surface area contributed by atoms with Crippen LogP contribution >= 0.6 is 0 Å². The first-order chi connectivity index (χ1) is 8.63. The zero-order valence-corrected chi connectivity index (χ0v) is 10.3. The number of rotatable bonds is 3. The maximum atomic E-state index is 11.8. The number of carboxylic acids is 1. The minimum Gasteiger partial charge on any atom is -0.477 e. The molecule has 18 heavy (non-hydrogen) atoms. The first-order valence-corrected chi connectivity index (χ1v) is 6.74. The van der Waals surface area contributed by atoms with Gasteiger partial charge in [-0.1, -0.05) is 6.42 Å². The monoisotopic (exact) mass is 250 g/mol. The molecule has 0 aromatic carbocycles. The van der Waals surface area contributed by atoms with Crippen LogP contribution in [-0.2, 0) is 9.59 Å². The molecular formula is C13H18N2O3. The second kappa shape index (κ2) is 4.37. The van der Waals surface area contributed by atoms with Crippen LogP contribution in [0.2, 0.25) is 0 Å². The molecule has 2 bridgehead atoms. The van der Waals surface area contributed by atoms with Crippen molar-refractivity contribution in [3.63, 3.8) is 0 Å². The molecule has 0 radical (unpaired) electrons. The lowest BCUT2D eigenvalue weighted by Crippen LogP contribution is -2.38. The Balaban J connectivity index is 1.69. The van der Waals surface area contributed by atoms with Crippen molar-refractivity contribution in [2.45, 2.75) is 38.5 Å². The summed E-state index contributed by atoms with van der Waals surface area (Å²) in [4.78, 5) is 22.7. The molecule has 1 heterocycles. The SMILES string of the molecule is O=C(O)C1=NN(CC2CC3CCC2C3)C(=O)CC1. The first kappa shape index (κ1) is 11.7. The summed E-state index contributed by atoms with van der Waals surface area (Å²) in [6.45, 7) is 0.622. The lowest BCUT2D eigenvalue weighted by molar-refractivity contribution is -0.133. The van der Waals surface area contributed by atoms with E-state index in [0.29, 0.717) is 12.5 Å². The van der Waals surface area contributed by atoms with Crippen molar-refractivity contribution in [2.75, 3.05) is 6.54 Å². The van der Waals surface area contributed by atoms with Crippen molar-refractivity contribution in [1.29, 1.82) is 0 Å². The molecule has 0 aromatic rings. The Morgan fingerprint density at radius 2 is 2.17 bits per heavy atom. The van der Waals surface area contributed by atoms with Crippen LogP contribution in [0.25, 0.3) is 0 Å². The zero-order valence-electron chi connectivity index (χ0n) is 10.3. The van der Waals surface area contributed by atoms with Crippen LogP contribution in [0.3, 0.4) is 0 Å². The van der Waals surface area contributed by atoms with Gasteiger partial charge in [-0.2, -0.15) is 5.10 Å². The van der Waals surface area contributed by atoms with E-state index < -0.39 is 5.97 Å². The second-order valence-electron chi connectivity index (χ2n) is 5.76. The Hall–Kier alpha value is -1.39. The molecule has 3 rings (SSSR count). The minimum atomic E-state index is -1.000. The fraction of sp³-hybridized carbons (Fsp3) is 0.769. The summed E-state index contributed by atoms with van der Waals surface area (Å²) < 4.78 is 0.